The number of aryl methyl sites for hydroxylation is 1. The number of para-hydroxylation sites is 1. The Bertz CT molecular complexity index is 1410. The summed E-state index contributed by atoms with van der Waals surface area (Å²) in [6.07, 6.45) is 4.98. The Morgan fingerprint density at radius 2 is 2.05 bits per heavy atom. The predicted molar refractivity (Wildman–Crippen MR) is 147 cm³/mol. The van der Waals surface area contributed by atoms with Gasteiger partial charge in [0.1, 0.15) is 12.4 Å². The molecule has 2 aromatic heterocycles. The molecule has 0 aliphatic carbocycles. The van der Waals surface area contributed by atoms with Gasteiger partial charge in [0.05, 0.1) is 24.2 Å². The molecule has 0 aliphatic rings. The summed E-state index contributed by atoms with van der Waals surface area (Å²) < 4.78 is 13.7. The molecule has 4 aromatic rings. The molecule has 0 radical (unpaired) electrons. The number of rotatable bonds is 11. The number of hydrogen-bond donors (Lipinski definition) is 2. The fraction of sp³-hybridized carbons (Fsp3) is 0.250. The molecule has 4 rings (SSSR count). The first kappa shape index (κ1) is 25.7. The molecular formula is C28H32N6O3. The van der Waals surface area contributed by atoms with Gasteiger partial charge in [0.25, 0.3) is 0 Å². The van der Waals surface area contributed by atoms with Crippen molar-refractivity contribution in [1.29, 1.82) is 0 Å². The van der Waals surface area contributed by atoms with Gasteiger partial charge < -0.3 is 29.6 Å². The van der Waals surface area contributed by atoms with Gasteiger partial charge in [-0.3, -0.25) is 4.79 Å². The van der Waals surface area contributed by atoms with Crippen LogP contribution in [0.15, 0.2) is 67.5 Å². The van der Waals surface area contributed by atoms with Crippen molar-refractivity contribution in [3.05, 3.63) is 73.1 Å². The second-order valence-corrected chi connectivity index (χ2v) is 8.58. The number of fused-ring (bicyclic) bond motifs is 1. The first-order valence-electron chi connectivity index (χ1n) is 12.0. The minimum atomic E-state index is -0.300. The molecule has 0 spiro atoms. The Labute approximate surface area is 216 Å². The summed E-state index contributed by atoms with van der Waals surface area (Å²) in [5.74, 6) is 0.333. The molecule has 2 aromatic carbocycles. The lowest BCUT2D eigenvalue weighted by Crippen LogP contribution is -2.28. The highest BCUT2D eigenvalue weighted by Crippen LogP contribution is 2.34. The van der Waals surface area contributed by atoms with Crippen LogP contribution in [-0.2, 0) is 18.4 Å². The number of nitrogens with zero attached hydrogens (tertiary/aromatic N) is 4. The fourth-order valence-corrected chi connectivity index (χ4v) is 4.16. The zero-order valence-electron chi connectivity index (χ0n) is 21.6. The Hall–Kier alpha value is -4.37. The van der Waals surface area contributed by atoms with Gasteiger partial charge in [0, 0.05) is 67.7 Å². The van der Waals surface area contributed by atoms with E-state index in [1.165, 1.54) is 6.08 Å². The zero-order chi connectivity index (χ0) is 26.4. The van der Waals surface area contributed by atoms with Gasteiger partial charge in [-0.2, -0.15) is 4.98 Å². The van der Waals surface area contributed by atoms with Gasteiger partial charge in [0.15, 0.2) is 0 Å². The Kier molecular flexibility index (Phi) is 8.05. The van der Waals surface area contributed by atoms with Crippen LogP contribution in [0.3, 0.4) is 0 Å². The van der Waals surface area contributed by atoms with E-state index in [1.54, 1.807) is 13.3 Å². The number of benzene rings is 2. The fourth-order valence-electron chi connectivity index (χ4n) is 4.16. The van der Waals surface area contributed by atoms with E-state index in [0.717, 1.165) is 46.5 Å². The minimum Gasteiger partial charge on any atom is -0.496 e. The number of hydrogen-bond acceptors (Lipinski definition) is 7. The Balaban J connectivity index is 1.62. The lowest BCUT2D eigenvalue weighted by Gasteiger charge is -2.24. The third-order valence-electron chi connectivity index (χ3n) is 6.11. The van der Waals surface area contributed by atoms with Crippen LogP contribution >= 0.6 is 0 Å². The topological polar surface area (TPSA) is 93.5 Å². The molecule has 0 saturated heterocycles. The molecule has 0 aliphatic heterocycles. The number of amides is 1. The van der Waals surface area contributed by atoms with Crippen LogP contribution in [-0.4, -0.2) is 54.7 Å². The third-order valence-corrected chi connectivity index (χ3v) is 6.11. The molecule has 9 heteroatoms. The van der Waals surface area contributed by atoms with Crippen LogP contribution in [0.2, 0.25) is 0 Å². The van der Waals surface area contributed by atoms with Crippen molar-refractivity contribution in [2.24, 2.45) is 7.05 Å². The largest absolute Gasteiger partial charge is 0.496 e. The number of carbonyl (C=O) groups excluding carboxylic acids is 1. The van der Waals surface area contributed by atoms with E-state index in [-0.39, 0.29) is 18.5 Å². The van der Waals surface area contributed by atoms with Crippen LogP contribution in [0, 0.1) is 0 Å². The van der Waals surface area contributed by atoms with Crippen molar-refractivity contribution in [1.82, 2.24) is 19.9 Å². The SMILES string of the molecule is C=CC(=O)Nc1cc(COc2nccc(-c3cn(C)c4ccccc34)n2)c(OC)cc1N(C)CCNC. The van der Waals surface area contributed by atoms with Crippen LogP contribution in [0.25, 0.3) is 22.2 Å². The minimum absolute atomic E-state index is 0.152. The van der Waals surface area contributed by atoms with Crippen molar-refractivity contribution < 1.29 is 14.3 Å². The lowest BCUT2D eigenvalue weighted by molar-refractivity contribution is -0.111. The van der Waals surface area contributed by atoms with Crippen molar-refractivity contribution in [2.75, 3.05) is 44.5 Å². The molecule has 0 unspecified atom stereocenters. The standard InChI is InChI=1S/C28H32N6O3/c1-6-27(35)31-23-15-19(26(36-5)16-25(23)33(3)14-13-29-2)18-37-28-30-12-11-22(32-28)21-17-34(4)24-10-8-7-9-20(21)24/h6-12,15-17,29H,1,13-14,18H2,2-5H3,(H,31,35). The average molecular weight is 501 g/mol. The quantitative estimate of drug-likeness (QED) is 0.301. The number of carbonyl (C=O) groups is 1. The highest BCUT2D eigenvalue weighted by molar-refractivity contribution is 6.01. The van der Waals surface area contributed by atoms with E-state index in [9.17, 15) is 4.79 Å². The third kappa shape index (κ3) is 5.73. The molecule has 9 nitrogen and oxygen atoms in total. The number of likely N-dealkylation sites (N-methyl/N-ethyl adjacent to an activating group) is 2. The van der Waals surface area contributed by atoms with Gasteiger partial charge in [0.2, 0.25) is 5.91 Å². The van der Waals surface area contributed by atoms with E-state index in [2.05, 4.69) is 50.1 Å². The van der Waals surface area contributed by atoms with Gasteiger partial charge in [-0.25, -0.2) is 4.98 Å². The van der Waals surface area contributed by atoms with Crippen molar-refractivity contribution >= 4 is 28.2 Å². The van der Waals surface area contributed by atoms with Crippen molar-refractivity contribution in [3.63, 3.8) is 0 Å². The second-order valence-electron chi connectivity index (χ2n) is 8.58. The molecule has 0 saturated carbocycles. The van der Waals surface area contributed by atoms with E-state index in [0.29, 0.717) is 11.4 Å². The highest BCUT2D eigenvalue weighted by Gasteiger charge is 2.17. The number of nitrogens with one attached hydrogen (secondary N) is 2. The first-order chi connectivity index (χ1) is 17.9. The highest BCUT2D eigenvalue weighted by atomic mass is 16.5. The van der Waals surface area contributed by atoms with Crippen molar-refractivity contribution in [3.8, 4) is 23.0 Å². The van der Waals surface area contributed by atoms with Gasteiger partial charge in [-0.05, 0) is 31.3 Å². The number of aromatic nitrogens is 3. The molecule has 192 valence electrons. The van der Waals surface area contributed by atoms with Crippen molar-refractivity contribution in [2.45, 2.75) is 6.61 Å². The number of methoxy groups -OCH3 is 1. The zero-order valence-corrected chi connectivity index (χ0v) is 21.6. The van der Waals surface area contributed by atoms with Gasteiger partial charge in [-0.15, -0.1) is 0 Å². The molecule has 0 fully saturated rings. The van der Waals surface area contributed by atoms with Crippen LogP contribution < -0.4 is 25.0 Å². The molecular weight excluding hydrogens is 468 g/mol. The summed E-state index contributed by atoms with van der Waals surface area (Å²) in [6, 6.07) is 14.0. The monoisotopic (exact) mass is 500 g/mol. The number of anilines is 2. The van der Waals surface area contributed by atoms with E-state index in [1.807, 2.05) is 56.4 Å². The molecule has 0 atom stereocenters. The summed E-state index contributed by atoms with van der Waals surface area (Å²) in [5.41, 5.74) is 5.10. The summed E-state index contributed by atoms with van der Waals surface area (Å²) in [7, 11) is 7.47. The molecule has 2 heterocycles. The molecule has 1 amide bonds. The Morgan fingerprint density at radius 3 is 2.81 bits per heavy atom. The van der Waals surface area contributed by atoms with E-state index in [4.69, 9.17) is 9.47 Å². The van der Waals surface area contributed by atoms with E-state index >= 15 is 0 Å². The van der Waals surface area contributed by atoms with Gasteiger partial charge in [-0.1, -0.05) is 24.8 Å². The van der Waals surface area contributed by atoms with Gasteiger partial charge >= 0.3 is 6.01 Å². The Morgan fingerprint density at radius 1 is 1.24 bits per heavy atom. The predicted octanol–water partition coefficient (Wildman–Crippen LogP) is 4.00. The molecule has 37 heavy (non-hydrogen) atoms. The summed E-state index contributed by atoms with van der Waals surface area (Å²) >= 11 is 0. The maximum absolute atomic E-state index is 12.1. The second kappa shape index (κ2) is 11.6. The molecule has 2 N–H and O–H groups in total. The van der Waals surface area contributed by atoms with Crippen LogP contribution in [0.4, 0.5) is 11.4 Å². The lowest BCUT2D eigenvalue weighted by atomic mass is 10.1. The summed E-state index contributed by atoms with van der Waals surface area (Å²) in [6.45, 7) is 5.23. The summed E-state index contributed by atoms with van der Waals surface area (Å²) in [4.78, 5) is 23.1. The van der Waals surface area contributed by atoms with Crippen LogP contribution in [0.1, 0.15) is 5.56 Å². The first-order valence-corrected chi connectivity index (χ1v) is 12.0. The maximum Gasteiger partial charge on any atom is 0.317 e. The normalized spacial score (nSPS) is 10.8. The smallest absolute Gasteiger partial charge is 0.317 e. The molecule has 0 bridgehead atoms. The summed E-state index contributed by atoms with van der Waals surface area (Å²) in [5, 5.41) is 7.14. The number of ether oxygens (including phenoxy) is 2. The maximum atomic E-state index is 12.1. The van der Waals surface area contributed by atoms with E-state index < -0.39 is 0 Å². The van der Waals surface area contributed by atoms with Crippen LogP contribution in [0.5, 0.6) is 11.8 Å². The average Bonchev–Trinajstić information content (AvgIpc) is 3.27.